The lowest BCUT2D eigenvalue weighted by atomic mass is 9.49. The molecular weight excluding hydrogens is 290 g/mol. The highest BCUT2D eigenvalue weighted by Gasteiger charge is 2.57. The van der Waals surface area contributed by atoms with Gasteiger partial charge in [0, 0.05) is 6.04 Å². The maximum absolute atomic E-state index is 6.41. The Kier molecular flexibility index (Phi) is 4.78. The molecular formula is C23H41N. The predicted molar refractivity (Wildman–Crippen MR) is 103 cm³/mol. The second-order valence-electron chi connectivity index (χ2n) is 10.5. The van der Waals surface area contributed by atoms with Crippen LogP contribution in [0.1, 0.15) is 91.4 Å². The highest BCUT2D eigenvalue weighted by atomic mass is 14.7. The summed E-state index contributed by atoms with van der Waals surface area (Å²) in [5.41, 5.74) is 6.98. The van der Waals surface area contributed by atoms with Crippen molar-refractivity contribution in [3.63, 3.8) is 0 Å². The molecule has 24 heavy (non-hydrogen) atoms. The van der Waals surface area contributed by atoms with Gasteiger partial charge in [0.25, 0.3) is 0 Å². The van der Waals surface area contributed by atoms with Crippen molar-refractivity contribution in [1.29, 1.82) is 0 Å². The first-order valence-electron chi connectivity index (χ1n) is 11.3. The van der Waals surface area contributed by atoms with Crippen molar-refractivity contribution in [2.45, 2.75) is 97.4 Å². The molecule has 0 spiro atoms. The van der Waals surface area contributed by atoms with Gasteiger partial charge in [-0.05, 0) is 105 Å². The first-order chi connectivity index (χ1) is 11.5. The number of nitrogens with two attached hydrogens (primary N) is 1. The fraction of sp³-hybridized carbons (Fsp3) is 1.00. The summed E-state index contributed by atoms with van der Waals surface area (Å²) in [4.78, 5) is 0. The average molecular weight is 332 g/mol. The van der Waals surface area contributed by atoms with E-state index in [0.717, 1.165) is 41.4 Å². The van der Waals surface area contributed by atoms with Gasteiger partial charge in [0.15, 0.2) is 0 Å². The van der Waals surface area contributed by atoms with Crippen molar-refractivity contribution in [1.82, 2.24) is 0 Å². The summed E-state index contributed by atoms with van der Waals surface area (Å²) in [6.07, 6.45) is 16.6. The van der Waals surface area contributed by atoms with E-state index in [2.05, 4.69) is 20.8 Å². The number of hydrogen-bond acceptors (Lipinski definition) is 1. The summed E-state index contributed by atoms with van der Waals surface area (Å²) in [6.45, 7) is 7.27. The van der Waals surface area contributed by atoms with Crippen LogP contribution >= 0.6 is 0 Å². The smallest absolute Gasteiger partial charge is 0.00440 e. The quantitative estimate of drug-likeness (QED) is 0.672. The standard InChI is InChI=1S/C23H41N/c1-4-5-16-6-8-18-17(14-16)7-9-20-19(18)12-13-23(3)21(15(2)24)10-11-22(20)23/h15-22H,4-14,24H2,1-3H3. The van der Waals surface area contributed by atoms with Crippen molar-refractivity contribution in [3.8, 4) is 0 Å². The molecule has 0 aliphatic heterocycles. The van der Waals surface area contributed by atoms with Gasteiger partial charge in [-0.25, -0.2) is 0 Å². The fourth-order valence-electron chi connectivity index (χ4n) is 8.53. The van der Waals surface area contributed by atoms with E-state index in [4.69, 9.17) is 5.73 Å². The normalized spacial score (nSPS) is 52.2. The summed E-state index contributed by atoms with van der Waals surface area (Å²) in [5, 5.41) is 0. The van der Waals surface area contributed by atoms with Gasteiger partial charge in [0.2, 0.25) is 0 Å². The lowest BCUT2D eigenvalue weighted by Crippen LogP contribution is -2.50. The summed E-state index contributed by atoms with van der Waals surface area (Å²) < 4.78 is 0. The molecule has 0 bridgehead atoms. The van der Waals surface area contributed by atoms with Crippen LogP contribution in [-0.4, -0.2) is 6.04 Å². The molecule has 1 nitrogen and oxygen atoms in total. The van der Waals surface area contributed by atoms with Crippen LogP contribution in [0.25, 0.3) is 0 Å². The molecule has 9 unspecified atom stereocenters. The minimum Gasteiger partial charge on any atom is -0.328 e. The van der Waals surface area contributed by atoms with E-state index in [-0.39, 0.29) is 0 Å². The van der Waals surface area contributed by atoms with Crippen molar-refractivity contribution in [2.24, 2.45) is 52.6 Å². The number of rotatable bonds is 3. The molecule has 4 fully saturated rings. The monoisotopic (exact) mass is 331 g/mol. The number of hydrogen-bond donors (Lipinski definition) is 1. The summed E-state index contributed by atoms with van der Waals surface area (Å²) in [5.74, 6) is 7.17. The molecule has 1 heteroatoms. The molecule has 4 aliphatic rings. The zero-order chi connectivity index (χ0) is 16.9. The van der Waals surface area contributed by atoms with Gasteiger partial charge in [-0.15, -0.1) is 0 Å². The SMILES string of the molecule is CCCC1CCC2C(CCC3C2CCC2(C)C(C(C)N)CCC32)C1. The molecule has 4 saturated carbocycles. The molecule has 0 aromatic carbocycles. The largest absolute Gasteiger partial charge is 0.328 e. The van der Waals surface area contributed by atoms with E-state index >= 15 is 0 Å². The minimum atomic E-state index is 0.400. The lowest BCUT2D eigenvalue weighted by Gasteiger charge is -2.56. The second kappa shape index (κ2) is 6.60. The summed E-state index contributed by atoms with van der Waals surface area (Å²) in [7, 11) is 0. The minimum absolute atomic E-state index is 0.400. The molecule has 0 heterocycles. The van der Waals surface area contributed by atoms with Gasteiger partial charge < -0.3 is 5.73 Å². The van der Waals surface area contributed by atoms with Crippen LogP contribution in [0.5, 0.6) is 0 Å². The van der Waals surface area contributed by atoms with Gasteiger partial charge in [0.1, 0.15) is 0 Å². The van der Waals surface area contributed by atoms with Gasteiger partial charge in [-0.1, -0.05) is 33.1 Å². The van der Waals surface area contributed by atoms with Crippen LogP contribution < -0.4 is 5.73 Å². The highest BCUT2D eigenvalue weighted by Crippen LogP contribution is 2.64. The van der Waals surface area contributed by atoms with E-state index in [1.807, 2.05) is 0 Å². The first-order valence-corrected chi connectivity index (χ1v) is 11.3. The number of fused-ring (bicyclic) bond motifs is 5. The molecule has 0 amide bonds. The third-order valence-corrected chi connectivity index (χ3v) is 9.47. The Morgan fingerprint density at radius 2 is 1.75 bits per heavy atom. The summed E-state index contributed by atoms with van der Waals surface area (Å²) >= 11 is 0. The molecule has 0 aromatic heterocycles. The third-order valence-electron chi connectivity index (χ3n) is 9.47. The van der Waals surface area contributed by atoms with Gasteiger partial charge in [-0.2, -0.15) is 0 Å². The van der Waals surface area contributed by atoms with Crippen molar-refractivity contribution in [3.05, 3.63) is 0 Å². The Bertz CT molecular complexity index is 443. The van der Waals surface area contributed by atoms with Crippen LogP contribution in [0.4, 0.5) is 0 Å². The van der Waals surface area contributed by atoms with Crippen LogP contribution in [-0.2, 0) is 0 Å². The van der Waals surface area contributed by atoms with Crippen LogP contribution in [0, 0.1) is 46.8 Å². The van der Waals surface area contributed by atoms with E-state index in [0.29, 0.717) is 11.5 Å². The lowest BCUT2D eigenvalue weighted by molar-refractivity contribution is -0.0702. The molecule has 138 valence electrons. The molecule has 4 aliphatic carbocycles. The maximum Gasteiger partial charge on any atom is 0.00440 e. The molecule has 0 aromatic rings. The van der Waals surface area contributed by atoms with E-state index in [1.54, 1.807) is 32.1 Å². The topological polar surface area (TPSA) is 26.0 Å². The fourth-order valence-corrected chi connectivity index (χ4v) is 8.53. The molecule has 0 saturated heterocycles. The zero-order valence-corrected chi connectivity index (χ0v) is 16.5. The van der Waals surface area contributed by atoms with Crippen LogP contribution in [0.3, 0.4) is 0 Å². The Hall–Kier alpha value is -0.0400. The highest BCUT2D eigenvalue weighted by molar-refractivity contribution is 5.07. The second-order valence-corrected chi connectivity index (χ2v) is 10.5. The van der Waals surface area contributed by atoms with Crippen molar-refractivity contribution in [2.75, 3.05) is 0 Å². The third kappa shape index (κ3) is 2.68. The van der Waals surface area contributed by atoms with Gasteiger partial charge in [0.05, 0.1) is 0 Å². The van der Waals surface area contributed by atoms with Crippen molar-refractivity contribution >= 4 is 0 Å². The van der Waals surface area contributed by atoms with Crippen molar-refractivity contribution < 1.29 is 0 Å². The summed E-state index contributed by atoms with van der Waals surface area (Å²) in [6, 6.07) is 0.400. The Morgan fingerprint density at radius 1 is 0.958 bits per heavy atom. The van der Waals surface area contributed by atoms with Gasteiger partial charge in [-0.3, -0.25) is 0 Å². The Morgan fingerprint density at radius 3 is 2.50 bits per heavy atom. The maximum atomic E-state index is 6.41. The first kappa shape index (κ1) is 17.4. The van der Waals surface area contributed by atoms with Crippen LogP contribution in [0.15, 0.2) is 0 Å². The molecule has 9 atom stereocenters. The molecule has 4 rings (SSSR count). The molecule has 0 radical (unpaired) electrons. The average Bonchev–Trinajstić information content (AvgIpc) is 2.92. The van der Waals surface area contributed by atoms with E-state index in [9.17, 15) is 0 Å². The van der Waals surface area contributed by atoms with E-state index in [1.165, 1.54) is 38.5 Å². The predicted octanol–water partition coefficient (Wildman–Crippen LogP) is 6.02. The zero-order valence-electron chi connectivity index (χ0n) is 16.5. The Labute approximate surface area is 150 Å². The van der Waals surface area contributed by atoms with Crippen LogP contribution in [0.2, 0.25) is 0 Å². The van der Waals surface area contributed by atoms with E-state index < -0.39 is 0 Å². The Balaban J connectivity index is 1.48. The molecule has 2 N–H and O–H groups in total. The van der Waals surface area contributed by atoms with Gasteiger partial charge >= 0.3 is 0 Å².